The molecule has 0 radical (unpaired) electrons. The van der Waals surface area contributed by atoms with Crippen LogP contribution < -0.4 is 10.0 Å². The molecule has 2 N–H and O–H groups in total. The normalized spacial score (nSPS) is 11.3. The fourth-order valence-electron chi connectivity index (χ4n) is 3.20. The van der Waals surface area contributed by atoms with Gasteiger partial charge >= 0.3 is 0 Å². The van der Waals surface area contributed by atoms with Gasteiger partial charge in [0, 0.05) is 24.5 Å². The van der Waals surface area contributed by atoms with E-state index in [9.17, 15) is 13.2 Å². The number of hydrogen-bond donors (Lipinski definition) is 2. The number of carbonyl (C=O) groups excluding carboxylic acids is 1. The Hall–Kier alpha value is -3.71. The number of rotatable bonds is 6. The molecule has 7 heteroatoms. The van der Waals surface area contributed by atoms with Crippen LogP contribution in [0.2, 0.25) is 0 Å². The van der Waals surface area contributed by atoms with Gasteiger partial charge in [-0.3, -0.25) is 14.5 Å². The molecule has 6 nitrogen and oxygen atoms in total. The summed E-state index contributed by atoms with van der Waals surface area (Å²) >= 11 is 0. The number of nitrogens with one attached hydrogen (secondary N) is 2. The van der Waals surface area contributed by atoms with Gasteiger partial charge in [0.15, 0.2) is 0 Å². The highest BCUT2D eigenvalue weighted by atomic mass is 32.2. The number of aromatic nitrogens is 1. The number of pyridine rings is 1. The Morgan fingerprint density at radius 3 is 2.52 bits per heavy atom. The topological polar surface area (TPSA) is 88.2 Å². The van der Waals surface area contributed by atoms with Crippen LogP contribution in [0, 0.1) is 6.92 Å². The molecule has 31 heavy (non-hydrogen) atoms. The van der Waals surface area contributed by atoms with E-state index in [2.05, 4.69) is 15.0 Å². The fraction of sp³-hybridized carbons (Fsp3) is 0.0833. The average molecular weight is 432 g/mol. The SMILES string of the molecule is Cc1ccc(C(=O)NCc2cccnc2)cc1NS(=O)(=O)c1ccc2ccccc2c1. The van der Waals surface area contributed by atoms with Gasteiger partial charge < -0.3 is 5.32 Å². The molecule has 0 bridgehead atoms. The Morgan fingerprint density at radius 1 is 0.935 bits per heavy atom. The lowest BCUT2D eigenvalue weighted by atomic mass is 10.1. The third-order valence-corrected chi connectivity index (χ3v) is 6.31. The first-order valence-corrected chi connectivity index (χ1v) is 11.2. The largest absolute Gasteiger partial charge is 0.348 e. The zero-order chi connectivity index (χ0) is 21.8. The van der Waals surface area contributed by atoms with Crippen molar-refractivity contribution in [1.82, 2.24) is 10.3 Å². The van der Waals surface area contributed by atoms with Crippen LogP contribution in [-0.2, 0) is 16.6 Å². The first-order chi connectivity index (χ1) is 14.9. The molecule has 1 aromatic heterocycles. The van der Waals surface area contributed by atoms with Crippen molar-refractivity contribution in [2.45, 2.75) is 18.4 Å². The summed E-state index contributed by atoms with van der Waals surface area (Å²) in [5.74, 6) is -0.296. The molecule has 1 heterocycles. The van der Waals surface area contributed by atoms with Crippen LogP contribution in [0.4, 0.5) is 5.69 Å². The van der Waals surface area contributed by atoms with Gasteiger partial charge in [0.1, 0.15) is 0 Å². The van der Waals surface area contributed by atoms with E-state index in [0.717, 1.165) is 16.3 Å². The zero-order valence-corrected chi connectivity index (χ0v) is 17.7. The molecule has 0 saturated carbocycles. The van der Waals surface area contributed by atoms with E-state index < -0.39 is 10.0 Å². The van der Waals surface area contributed by atoms with Gasteiger partial charge in [-0.25, -0.2) is 8.42 Å². The van der Waals surface area contributed by atoms with E-state index in [1.165, 1.54) is 0 Å². The first kappa shape index (κ1) is 20.6. The molecule has 0 spiro atoms. The Labute approximate surface area is 181 Å². The number of aryl methyl sites for hydroxylation is 1. The monoisotopic (exact) mass is 431 g/mol. The second-order valence-corrected chi connectivity index (χ2v) is 8.87. The smallest absolute Gasteiger partial charge is 0.261 e. The summed E-state index contributed by atoms with van der Waals surface area (Å²) < 4.78 is 28.6. The van der Waals surface area contributed by atoms with Gasteiger partial charge in [0.2, 0.25) is 0 Å². The third-order valence-electron chi connectivity index (χ3n) is 4.95. The van der Waals surface area contributed by atoms with Crippen LogP contribution in [0.15, 0.2) is 90.1 Å². The van der Waals surface area contributed by atoms with Crippen molar-refractivity contribution in [3.8, 4) is 0 Å². The van der Waals surface area contributed by atoms with E-state index in [1.807, 2.05) is 30.3 Å². The maximum Gasteiger partial charge on any atom is 0.261 e. The van der Waals surface area contributed by atoms with Crippen LogP contribution in [0.25, 0.3) is 10.8 Å². The second-order valence-electron chi connectivity index (χ2n) is 7.19. The highest BCUT2D eigenvalue weighted by molar-refractivity contribution is 7.92. The van der Waals surface area contributed by atoms with Gasteiger partial charge in [-0.15, -0.1) is 0 Å². The van der Waals surface area contributed by atoms with Crippen LogP contribution in [0.1, 0.15) is 21.5 Å². The molecule has 0 aliphatic carbocycles. The van der Waals surface area contributed by atoms with Gasteiger partial charge in [0.05, 0.1) is 10.6 Å². The highest BCUT2D eigenvalue weighted by Crippen LogP contribution is 2.24. The van der Waals surface area contributed by atoms with Crippen molar-refractivity contribution in [2.75, 3.05) is 4.72 Å². The van der Waals surface area contributed by atoms with Crippen molar-refractivity contribution in [2.24, 2.45) is 0 Å². The summed E-state index contributed by atoms with van der Waals surface area (Å²) in [5.41, 5.74) is 2.32. The molecular formula is C24H21N3O3S. The van der Waals surface area contributed by atoms with E-state index >= 15 is 0 Å². The molecule has 0 aliphatic heterocycles. The van der Waals surface area contributed by atoms with Crippen molar-refractivity contribution in [1.29, 1.82) is 0 Å². The maximum absolute atomic E-state index is 13.0. The van der Waals surface area contributed by atoms with E-state index in [0.29, 0.717) is 23.4 Å². The quantitative estimate of drug-likeness (QED) is 0.477. The molecule has 1 amide bonds. The lowest BCUT2D eigenvalue weighted by Gasteiger charge is -2.13. The van der Waals surface area contributed by atoms with Gasteiger partial charge in [-0.1, -0.05) is 42.5 Å². The third kappa shape index (κ3) is 4.73. The maximum atomic E-state index is 13.0. The van der Waals surface area contributed by atoms with E-state index in [1.54, 1.807) is 61.8 Å². The number of fused-ring (bicyclic) bond motifs is 1. The van der Waals surface area contributed by atoms with Gasteiger partial charge in [-0.2, -0.15) is 0 Å². The summed E-state index contributed by atoms with van der Waals surface area (Å²) in [7, 11) is -3.81. The predicted octanol–water partition coefficient (Wildman–Crippen LogP) is 4.27. The number of anilines is 1. The summed E-state index contributed by atoms with van der Waals surface area (Å²) in [6, 6.07) is 21.2. The molecule has 4 aromatic rings. The summed E-state index contributed by atoms with van der Waals surface area (Å²) in [6.07, 6.45) is 3.35. The molecule has 0 unspecified atom stereocenters. The zero-order valence-electron chi connectivity index (χ0n) is 16.9. The summed E-state index contributed by atoms with van der Waals surface area (Å²) in [5, 5.41) is 4.62. The number of hydrogen-bond acceptors (Lipinski definition) is 4. The minimum atomic E-state index is -3.81. The van der Waals surface area contributed by atoms with Crippen molar-refractivity contribution in [3.05, 3.63) is 102 Å². The Balaban J connectivity index is 1.55. The molecular weight excluding hydrogens is 410 g/mol. The molecule has 4 rings (SSSR count). The van der Waals surface area contributed by atoms with Crippen LogP contribution in [0.5, 0.6) is 0 Å². The van der Waals surface area contributed by atoms with Crippen molar-refractivity contribution < 1.29 is 13.2 Å². The standard InChI is InChI=1S/C24H21N3O3S/c1-17-8-9-21(24(28)26-16-18-5-4-12-25-15-18)14-23(17)27-31(29,30)22-11-10-19-6-2-3-7-20(19)13-22/h2-15,27H,16H2,1H3,(H,26,28). The predicted molar refractivity (Wildman–Crippen MR) is 121 cm³/mol. The highest BCUT2D eigenvalue weighted by Gasteiger charge is 2.17. The second kappa shape index (κ2) is 8.57. The Kier molecular flexibility index (Phi) is 5.68. The number of sulfonamides is 1. The number of benzene rings is 3. The lowest BCUT2D eigenvalue weighted by molar-refractivity contribution is 0.0951. The minimum absolute atomic E-state index is 0.164. The van der Waals surface area contributed by atoms with Crippen molar-refractivity contribution >= 4 is 32.4 Å². The van der Waals surface area contributed by atoms with Crippen LogP contribution in [-0.4, -0.2) is 19.3 Å². The lowest BCUT2D eigenvalue weighted by Crippen LogP contribution is -2.23. The molecule has 0 fully saturated rings. The molecule has 0 aliphatic rings. The number of amides is 1. The van der Waals surface area contributed by atoms with Crippen LogP contribution >= 0.6 is 0 Å². The molecule has 0 saturated heterocycles. The van der Waals surface area contributed by atoms with E-state index in [-0.39, 0.29) is 10.8 Å². The van der Waals surface area contributed by atoms with Gasteiger partial charge in [0.25, 0.3) is 15.9 Å². The Morgan fingerprint density at radius 2 is 1.74 bits per heavy atom. The van der Waals surface area contributed by atoms with E-state index in [4.69, 9.17) is 0 Å². The van der Waals surface area contributed by atoms with Crippen molar-refractivity contribution in [3.63, 3.8) is 0 Å². The molecule has 3 aromatic carbocycles. The average Bonchev–Trinajstić information content (AvgIpc) is 2.79. The minimum Gasteiger partial charge on any atom is -0.348 e. The molecule has 0 atom stereocenters. The number of nitrogens with zero attached hydrogens (tertiary/aromatic N) is 1. The number of carbonyl (C=O) groups is 1. The summed E-state index contributed by atoms with van der Waals surface area (Å²) in [4.78, 5) is 16.7. The fourth-order valence-corrected chi connectivity index (χ4v) is 4.36. The first-order valence-electron chi connectivity index (χ1n) is 9.72. The van der Waals surface area contributed by atoms with Gasteiger partial charge in [-0.05, 0) is 59.2 Å². The van der Waals surface area contributed by atoms with Crippen LogP contribution in [0.3, 0.4) is 0 Å². The molecule has 156 valence electrons. The Bertz CT molecular complexity index is 1350. The summed E-state index contributed by atoms with van der Waals surface area (Å²) in [6.45, 7) is 2.12.